The van der Waals surface area contributed by atoms with E-state index in [1.54, 1.807) is 6.20 Å². The van der Waals surface area contributed by atoms with Crippen LogP contribution in [-0.2, 0) is 5.66 Å². The van der Waals surface area contributed by atoms with Crippen LogP contribution in [0, 0.1) is 0 Å². The molecule has 1 unspecified atom stereocenters. The molecule has 23 heavy (non-hydrogen) atoms. The van der Waals surface area contributed by atoms with Crippen molar-refractivity contribution in [3.63, 3.8) is 0 Å². The fourth-order valence-corrected chi connectivity index (χ4v) is 2.71. The standard InChI is InChI=1S/C16H27N7/c1-22(2)9-4-10-23(3)15-18-8-7-16(17,19-15)14-11-13(20-21-14)12-5-6-12/h7-8,11-12H,4-6,9-10,17H2,1-3H3,(H,18,19)(H,20,21). The van der Waals surface area contributed by atoms with E-state index < -0.39 is 5.66 Å². The van der Waals surface area contributed by atoms with Crippen LogP contribution in [0.3, 0.4) is 0 Å². The summed E-state index contributed by atoms with van der Waals surface area (Å²) in [5.74, 6) is 1.42. The first-order valence-electron chi connectivity index (χ1n) is 8.22. The summed E-state index contributed by atoms with van der Waals surface area (Å²) >= 11 is 0. The predicted molar refractivity (Wildman–Crippen MR) is 91.9 cm³/mol. The lowest BCUT2D eigenvalue weighted by Crippen LogP contribution is -2.57. The Hall–Kier alpha value is -1.86. The number of aromatic amines is 1. The van der Waals surface area contributed by atoms with E-state index in [-0.39, 0.29) is 0 Å². The van der Waals surface area contributed by atoms with Crippen LogP contribution in [-0.4, -0.2) is 60.2 Å². The zero-order chi connectivity index (χ0) is 16.4. The number of guanidine groups is 1. The number of hydrogen-bond donors (Lipinski definition) is 3. The van der Waals surface area contributed by atoms with Gasteiger partial charge in [-0.05, 0) is 52.0 Å². The molecule has 2 aliphatic rings. The van der Waals surface area contributed by atoms with Crippen molar-refractivity contribution in [3.05, 3.63) is 29.7 Å². The number of H-pyrrole nitrogens is 1. The fourth-order valence-electron chi connectivity index (χ4n) is 2.71. The minimum Gasteiger partial charge on any atom is -0.346 e. The molecule has 1 aromatic rings. The van der Waals surface area contributed by atoms with Crippen LogP contribution < -0.4 is 11.1 Å². The van der Waals surface area contributed by atoms with Crippen molar-refractivity contribution in [1.29, 1.82) is 0 Å². The van der Waals surface area contributed by atoms with Crippen LogP contribution in [0.2, 0.25) is 0 Å². The van der Waals surface area contributed by atoms with Crippen LogP contribution in [0.25, 0.3) is 0 Å². The maximum atomic E-state index is 6.52. The number of nitrogens with zero attached hydrogens (tertiary/aromatic N) is 4. The number of aliphatic imine (C=N–C) groups is 1. The number of nitrogens with two attached hydrogens (primary N) is 1. The molecule has 1 aliphatic carbocycles. The Labute approximate surface area is 137 Å². The van der Waals surface area contributed by atoms with Crippen LogP contribution in [0.1, 0.15) is 36.6 Å². The van der Waals surface area contributed by atoms with Crippen molar-refractivity contribution in [2.24, 2.45) is 10.7 Å². The summed E-state index contributed by atoms with van der Waals surface area (Å²) in [7, 11) is 6.19. The van der Waals surface area contributed by atoms with Gasteiger partial charge < -0.3 is 20.9 Å². The number of nitrogens with one attached hydrogen (secondary N) is 2. The summed E-state index contributed by atoms with van der Waals surface area (Å²) in [6.45, 7) is 1.97. The van der Waals surface area contributed by atoms with E-state index >= 15 is 0 Å². The molecule has 7 nitrogen and oxygen atoms in total. The lowest BCUT2D eigenvalue weighted by molar-refractivity contribution is 0.357. The normalized spacial score (nSPS) is 23.8. The maximum absolute atomic E-state index is 6.52. The average molecular weight is 317 g/mol. The Morgan fingerprint density at radius 3 is 2.78 bits per heavy atom. The van der Waals surface area contributed by atoms with Crippen molar-refractivity contribution >= 4 is 5.96 Å². The van der Waals surface area contributed by atoms with Gasteiger partial charge in [-0.3, -0.25) is 5.10 Å². The number of hydrogen-bond acceptors (Lipinski definition) is 6. The number of aromatic nitrogens is 2. The van der Waals surface area contributed by atoms with Gasteiger partial charge in [0.1, 0.15) is 5.69 Å². The minimum absolute atomic E-state index is 0.634. The third-order valence-electron chi connectivity index (χ3n) is 4.35. The van der Waals surface area contributed by atoms with Crippen LogP contribution in [0.15, 0.2) is 23.3 Å². The molecule has 2 heterocycles. The van der Waals surface area contributed by atoms with Gasteiger partial charge in [0.15, 0.2) is 11.6 Å². The smallest absolute Gasteiger partial charge is 0.200 e. The highest BCUT2D eigenvalue weighted by Gasteiger charge is 2.34. The van der Waals surface area contributed by atoms with Gasteiger partial charge in [0, 0.05) is 31.4 Å². The van der Waals surface area contributed by atoms with Crippen molar-refractivity contribution in [2.75, 3.05) is 34.2 Å². The summed E-state index contributed by atoms with van der Waals surface area (Å²) in [6, 6.07) is 2.07. The van der Waals surface area contributed by atoms with Crippen LogP contribution >= 0.6 is 0 Å². The molecule has 1 fully saturated rings. The van der Waals surface area contributed by atoms with E-state index in [0.29, 0.717) is 5.92 Å². The Morgan fingerprint density at radius 2 is 2.09 bits per heavy atom. The lowest BCUT2D eigenvalue weighted by atomic mass is 10.1. The first-order chi connectivity index (χ1) is 11.0. The Morgan fingerprint density at radius 1 is 1.30 bits per heavy atom. The molecule has 4 N–H and O–H groups in total. The summed E-state index contributed by atoms with van der Waals surface area (Å²) in [6.07, 6.45) is 7.17. The maximum Gasteiger partial charge on any atom is 0.200 e. The molecule has 126 valence electrons. The average Bonchev–Trinajstić information content (AvgIpc) is 3.23. The molecule has 0 amide bonds. The Kier molecular flexibility index (Phi) is 4.41. The third-order valence-corrected chi connectivity index (χ3v) is 4.35. The quantitative estimate of drug-likeness (QED) is 0.721. The van der Waals surface area contributed by atoms with E-state index in [9.17, 15) is 0 Å². The molecule has 0 bridgehead atoms. The molecule has 1 saturated carbocycles. The van der Waals surface area contributed by atoms with Gasteiger partial charge in [0.2, 0.25) is 0 Å². The van der Waals surface area contributed by atoms with Crippen molar-refractivity contribution in [3.8, 4) is 0 Å². The fraction of sp³-hybridized carbons (Fsp3) is 0.625. The highest BCUT2D eigenvalue weighted by atomic mass is 15.3. The summed E-state index contributed by atoms with van der Waals surface area (Å²) in [5, 5.41) is 10.9. The second-order valence-corrected chi connectivity index (χ2v) is 6.82. The first kappa shape index (κ1) is 16.0. The third kappa shape index (κ3) is 3.73. The molecule has 0 spiro atoms. The van der Waals surface area contributed by atoms with E-state index in [1.165, 1.54) is 18.5 Å². The van der Waals surface area contributed by atoms with Gasteiger partial charge in [-0.25, -0.2) is 4.99 Å². The van der Waals surface area contributed by atoms with Crippen LogP contribution in [0.5, 0.6) is 0 Å². The van der Waals surface area contributed by atoms with Crippen molar-refractivity contribution in [2.45, 2.75) is 30.8 Å². The molecule has 3 rings (SSSR count). The molecule has 0 radical (unpaired) electrons. The predicted octanol–water partition coefficient (Wildman–Crippen LogP) is 0.755. The molecule has 7 heteroatoms. The van der Waals surface area contributed by atoms with E-state index in [0.717, 1.165) is 31.2 Å². The zero-order valence-corrected chi connectivity index (χ0v) is 14.2. The van der Waals surface area contributed by atoms with Gasteiger partial charge in [-0.15, -0.1) is 0 Å². The minimum atomic E-state index is -0.809. The molecular weight excluding hydrogens is 290 g/mol. The zero-order valence-electron chi connectivity index (χ0n) is 14.2. The topological polar surface area (TPSA) is 85.6 Å². The van der Waals surface area contributed by atoms with Crippen molar-refractivity contribution in [1.82, 2.24) is 25.3 Å². The lowest BCUT2D eigenvalue weighted by Gasteiger charge is -2.33. The Bertz CT molecular complexity index is 599. The van der Waals surface area contributed by atoms with Gasteiger partial charge >= 0.3 is 0 Å². The van der Waals surface area contributed by atoms with Gasteiger partial charge in [0.05, 0.1) is 0 Å². The molecule has 0 aromatic carbocycles. The summed E-state index contributed by atoms with van der Waals surface area (Å²) < 4.78 is 0. The molecule has 1 aliphatic heterocycles. The SMILES string of the molecule is CN(C)CCCN(C)C1=NC=CC(N)(c2cc(C3CC3)[nH]n2)N1. The largest absolute Gasteiger partial charge is 0.346 e. The van der Waals surface area contributed by atoms with E-state index in [1.807, 2.05) is 13.1 Å². The molecular formula is C16H27N7. The highest BCUT2D eigenvalue weighted by Crippen LogP contribution is 2.39. The molecule has 1 aromatic heterocycles. The van der Waals surface area contributed by atoms with E-state index in [4.69, 9.17) is 5.73 Å². The summed E-state index contributed by atoms with van der Waals surface area (Å²) in [5.41, 5.74) is 7.71. The van der Waals surface area contributed by atoms with Gasteiger partial charge in [-0.1, -0.05) is 0 Å². The van der Waals surface area contributed by atoms with Crippen molar-refractivity contribution < 1.29 is 0 Å². The first-order valence-corrected chi connectivity index (χ1v) is 8.22. The number of rotatable bonds is 6. The van der Waals surface area contributed by atoms with Gasteiger partial charge in [0.25, 0.3) is 0 Å². The Balaban J connectivity index is 1.64. The summed E-state index contributed by atoms with van der Waals surface area (Å²) in [4.78, 5) is 8.70. The molecule has 0 saturated heterocycles. The highest BCUT2D eigenvalue weighted by molar-refractivity contribution is 5.82. The monoisotopic (exact) mass is 317 g/mol. The second kappa shape index (κ2) is 6.33. The van der Waals surface area contributed by atoms with Crippen LogP contribution in [0.4, 0.5) is 0 Å². The molecule has 1 atom stereocenters. The van der Waals surface area contributed by atoms with Gasteiger partial charge in [-0.2, -0.15) is 5.10 Å². The van der Waals surface area contributed by atoms with E-state index in [2.05, 4.69) is 50.5 Å². The second-order valence-electron chi connectivity index (χ2n) is 6.82.